The van der Waals surface area contributed by atoms with E-state index in [0.29, 0.717) is 13.0 Å². The zero-order valence-electron chi connectivity index (χ0n) is 17.1. The first kappa shape index (κ1) is 21.2. The average molecular weight is 412 g/mol. The van der Waals surface area contributed by atoms with Gasteiger partial charge in [0.1, 0.15) is 17.0 Å². The van der Waals surface area contributed by atoms with Crippen LogP contribution in [-0.4, -0.2) is 53.5 Å². The summed E-state index contributed by atoms with van der Waals surface area (Å²) in [5.74, 6) is 0.848. The molecule has 0 fully saturated rings. The zero-order chi connectivity index (χ0) is 20.5. The molecule has 0 bridgehead atoms. The summed E-state index contributed by atoms with van der Waals surface area (Å²) < 4.78 is 0. The van der Waals surface area contributed by atoms with Crippen molar-refractivity contribution in [3.8, 4) is 11.1 Å². The number of amides is 1. The molecular formula is C22H29N5OS. The lowest BCUT2D eigenvalue weighted by molar-refractivity contribution is -0.120. The number of hydrogen-bond donors (Lipinski definition) is 2. The summed E-state index contributed by atoms with van der Waals surface area (Å²) in [7, 11) is 0. The number of thiophene rings is 1. The number of fused-ring (bicyclic) bond motifs is 1. The summed E-state index contributed by atoms with van der Waals surface area (Å²) >= 11 is 1.61. The van der Waals surface area contributed by atoms with Crippen molar-refractivity contribution < 1.29 is 4.79 Å². The van der Waals surface area contributed by atoms with Gasteiger partial charge < -0.3 is 15.5 Å². The van der Waals surface area contributed by atoms with Crippen molar-refractivity contribution in [1.29, 1.82) is 0 Å². The Morgan fingerprint density at radius 2 is 1.90 bits per heavy atom. The molecule has 29 heavy (non-hydrogen) atoms. The van der Waals surface area contributed by atoms with Crippen LogP contribution >= 0.6 is 11.3 Å². The molecule has 6 nitrogen and oxygen atoms in total. The number of anilines is 1. The number of rotatable bonds is 11. The first-order chi connectivity index (χ1) is 14.2. The lowest BCUT2D eigenvalue weighted by Crippen LogP contribution is -2.30. The fourth-order valence-electron chi connectivity index (χ4n) is 3.29. The second-order valence-electron chi connectivity index (χ2n) is 6.82. The molecule has 1 aromatic carbocycles. The molecule has 0 aliphatic heterocycles. The van der Waals surface area contributed by atoms with Crippen molar-refractivity contribution >= 4 is 33.3 Å². The zero-order valence-corrected chi connectivity index (χ0v) is 18.0. The smallest absolute Gasteiger partial charge is 0.221 e. The molecule has 0 saturated heterocycles. The Kier molecular flexibility index (Phi) is 7.95. The van der Waals surface area contributed by atoms with Crippen molar-refractivity contribution in [3.63, 3.8) is 0 Å². The van der Waals surface area contributed by atoms with Crippen LogP contribution in [0, 0.1) is 0 Å². The average Bonchev–Trinajstić information content (AvgIpc) is 3.20. The van der Waals surface area contributed by atoms with Crippen molar-refractivity contribution in [2.45, 2.75) is 26.7 Å². The number of aromatic nitrogens is 2. The third-order valence-electron chi connectivity index (χ3n) is 4.97. The van der Waals surface area contributed by atoms with Gasteiger partial charge in [-0.15, -0.1) is 11.3 Å². The highest BCUT2D eigenvalue weighted by molar-refractivity contribution is 7.17. The molecule has 0 spiro atoms. The summed E-state index contributed by atoms with van der Waals surface area (Å²) in [6.45, 7) is 8.70. The first-order valence-electron chi connectivity index (χ1n) is 10.2. The Morgan fingerprint density at radius 3 is 2.66 bits per heavy atom. The molecule has 154 valence electrons. The van der Waals surface area contributed by atoms with Crippen LogP contribution in [0.3, 0.4) is 0 Å². The number of hydrogen-bond acceptors (Lipinski definition) is 6. The summed E-state index contributed by atoms with van der Waals surface area (Å²) in [6, 6.07) is 10.2. The van der Waals surface area contributed by atoms with Crippen LogP contribution < -0.4 is 10.6 Å². The van der Waals surface area contributed by atoms with Crippen molar-refractivity contribution in [1.82, 2.24) is 20.2 Å². The summed E-state index contributed by atoms with van der Waals surface area (Å²) in [5.41, 5.74) is 2.26. The van der Waals surface area contributed by atoms with E-state index in [1.165, 1.54) is 0 Å². The molecule has 0 unspecified atom stereocenters. The van der Waals surface area contributed by atoms with Gasteiger partial charge in [0.05, 0.1) is 5.39 Å². The lowest BCUT2D eigenvalue weighted by atomic mass is 10.1. The fourth-order valence-corrected chi connectivity index (χ4v) is 4.21. The highest BCUT2D eigenvalue weighted by atomic mass is 32.1. The Balaban J connectivity index is 1.53. The van der Waals surface area contributed by atoms with E-state index < -0.39 is 0 Å². The van der Waals surface area contributed by atoms with E-state index >= 15 is 0 Å². The van der Waals surface area contributed by atoms with Gasteiger partial charge >= 0.3 is 0 Å². The summed E-state index contributed by atoms with van der Waals surface area (Å²) in [6.07, 6.45) is 2.97. The molecule has 1 amide bonds. The van der Waals surface area contributed by atoms with Gasteiger partial charge in [-0.25, -0.2) is 9.97 Å². The number of nitrogens with one attached hydrogen (secondary N) is 2. The van der Waals surface area contributed by atoms with Crippen molar-refractivity contribution in [2.75, 3.05) is 38.0 Å². The molecule has 2 heterocycles. The maximum absolute atomic E-state index is 12.1. The standard InChI is InChI=1S/C22H29N5OS/c1-3-27(4-2)14-8-12-23-19(28)11-13-24-21-20-18(17-9-6-5-7-10-17)15-29-22(20)26-16-25-21/h5-7,9-10,15-16H,3-4,8,11-14H2,1-2H3,(H,23,28)(H,24,25,26). The van der Waals surface area contributed by atoms with Crippen molar-refractivity contribution in [2.24, 2.45) is 0 Å². The predicted molar refractivity (Wildman–Crippen MR) is 121 cm³/mol. The minimum absolute atomic E-state index is 0.0657. The molecule has 3 aromatic rings. The van der Waals surface area contributed by atoms with E-state index in [2.05, 4.69) is 56.9 Å². The maximum atomic E-state index is 12.1. The molecule has 2 N–H and O–H groups in total. The van der Waals surface area contributed by atoms with Gasteiger partial charge in [-0.05, 0) is 31.6 Å². The number of carbonyl (C=O) groups excluding carboxylic acids is 1. The van der Waals surface area contributed by atoms with Gasteiger partial charge in [-0.1, -0.05) is 44.2 Å². The van der Waals surface area contributed by atoms with Crippen LogP contribution in [0.5, 0.6) is 0 Å². The highest BCUT2D eigenvalue weighted by Crippen LogP contribution is 2.36. The minimum atomic E-state index is 0.0657. The maximum Gasteiger partial charge on any atom is 0.221 e. The van der Waals surface area contributed by atoms with E-state index in [-0.39, 0.29) is 5.91 Å². The molecule has 0 aliphatic rings. The van der Waals surface area contributed by atoms with Gasteiger partial charge in [-0.3, -0.25) is 4.79 Å². The van der Waals surface area contributed by atoms with E-state index in [0.717, 1.165) is 59.8 Å². The van der Waals surface area contributed by atoms with Crippen LogP contribution in [0.15, 0.2) is 42.0 Å². The Labute approximate surface area is 176 Å². The first-order valence-corrected chi connectivity index (χ1v) is 11.1. The van der Waals surface area contributed by atoms with Gasteiger partial charge in [0.25, 0.3) is 0 Å². The van der Waals surface area contributed by atoms with Crippen LogP contribution in [0.25, 0.3) is 21.3 Å². The molecule has 0 aliphatic carbocycles. The van der Waals surface area contributed by atoms with Gasteiger partial charge in [0, 0.05) is 30.5 Å². The number of carbonyl (C=O) groups is 1. The van der Waals surface area contributed by atoms with Crippen LogP contribution in [-0.2, 0) is 4.79 Å². The van der Waals surface area contributed by atoms with E-state index in [1.54, 1.807) is 17.7 Å². The van der Waals surface area contributed by atoms with Crippen molar-refractivity contribution in [3.05, 3.63) is 42.0 Å². The predicted octanol–water partition coefficient (Wildman–Crippen LogP) is 4.01. The van der Waals surface area contributed by atoms with Crippen LogP contribution in [0.2, 0.25) is 0 Å². The Bertz CT molecular complexity index is 908. The van der Waals surface area contributed by atoms with E-state index in [1.807, 2.05) is 18.2 Å². The molecule has 3 rings (SSSR count). The van der Waals surface area contributed by atoms with Gasteiger partial charge in [0.2, 0.25) is 5.91 Å². The van der Waals surface area contributed by atoms with Gasteiger partial charge in [-0.2, -0.15) is 0 Å². The summed E-state index contributed by atoms with van der Waals surface area (Å²) in [4.78, 5) is 24.2. The third kappa shape index (κ3) is 5.74. The SMILES string of the molecule is CCN(CC)CCCNC(=O)CCNc1ncnc2scc(-c3ccccc3)c12. The molecule has 0 atom stereocenters. The largest absolute Gasteiger partial charge is 0.369 e. The number of nitrogens with zero attached hydrogens (tertiary/aromatic N) is 3. The van der Waals surface area contributed by atoms with Crippen LogP contribution in [0.1, 0.15) is 26.7 Å². The highest BCUT2D eigenvalue weighted by Gasteiger charge is 2.13. The quantitative estimate of drug-likeness (QED) is 0.467. The van der Waals surface area contributed by atoms with Gasteiger partial charge in [0.15, 0.2) is 0 Å². The minimum Gasteiger partial charge on any atom is -0.369 e. The normalized spacial score (nSPS) is 11.1. The Hall–Kier alpha value is -2.51. The van der Waals surface area contributed by atoms with E-state index in [9.17, 15) is 4.79 Å². The summed E-state index contributed by atoms with van der Waals surface area (Å²) in [5, 5.41) is 9.46. The number of benzene rings is 1. The topological polar surface area (TPSA) is 70.2 Å². The van der Waals surface area contributed by atoms with E-state index in [4.69, 9.17) is 0 Å². The second kappa shape index (κ2) is 10.9. The molecule has 2 aromatic heterocycles. The molecule has 0 radical (unpaired) electrons. The Morgan fingerprint density at radius 1 is 1.10 bits per heavy atom. The fraction of sp³-hybridized carbons (Fsp3) is 0.409. The molecular weight excluding hydrogens is 382 g/mol. The van der Waals surface area contributed by atoms with Crippen LogP contribution in [0.4, 0.5) is 5.82 Å². The monoisotopic (exact) mass is 411 g/mol. The molecule has 0 saturated carbocycles. The molecule has 7 heteroatoms. The lowest BCUT2D eigenvalue weighted by Gasteiger charge is -2.17. The second-order valence-corrected chi connectivity index (χ2v) is 7.68. The third-order valence-corrected chi connectivity index (χ3v) is 5.85.